The molecule has 0 spiro atoms. The number of nitrogens with zero attached hydrogens (tertiary/aromatic N) is 3. The third-order valence-corrected chi connectivity index (χ3v) is 12.6. The summed E-state index contributed by atoms with van der Waals surface area (Å²) in [5.41, 5.74) is -0.889. The molecular formula is C30H34ClFN4O3S. The number of hydrogen-bond acceptors (Lipinski definition) is 5. The largest absolute Gasteiger partial charge is 0.360 e. The van der Waals surface area contributed by atoms with E-state index in [9.17, 15) is 17.6 Å². The fourth-order valence-electron chi connectivity index (χ4n) is 7.89. The zero-order valence-electron chi connectivity index (χ0n) is 23.0. The van der Waals surface area contributed by atoms with Crippen molar-refractivity contribution in [3.8, 4) is 0 Å². The van der Waals surface area contributed by atoms with Crippen molar-refractivity contribution in [3.63, 3.8) is 0 Å². The van der Waals surface area contributed by atoms with Crippen LogP contribution in [-0.2, 0) is 21.4 Å². The van der Waals surface area contributed by atoms with Crippen molar-refractivity contribution in [3.05, 3.63) is 64.9 Å². The van der Waals surface area contributed by atoms with Gasteiger partial charge in [0.1, 0.15) is 17.7 Å². The molecule has 6 saturated carbocycles. The smallest absolute Gasteiger partial charge is 0.247 e. The third-order valence-electron chi connectivity index (χ3n) is 10.4. The number of aliphatic imine (C=N–C) groups is 1. The highest BCUT2D eigenvalue weighted by molar-refractivity contribution is 7.89. The second-order valence-electron chi connectivity index (χ2n) is 13.4. The Morgan fingerprint density at radius 2 is 1.73 bits per heavy atom. The van der Waals surface area contributed by atoms with E-state index in [4.69, 9.17) is 16.6 Å². The number of benzene rings is 2. The van der Waals surface area contributed by atoms with Crippen molar-refractivity contribution in [1.29, 1.82) is 0 Å². The van der Waals surface area contributed by atoms with Crippen molar-refractivity contribution in [2.75, 3.05) is 7.05 Å². The molecule has 9 rings (SSSR count). The molecule has 0 unspecified atom stereocenters. The number of nitrogens with one attached hydrogen (secondary N) is 1. The van der Waals surface area contributed by atoms with Gasteiger partial charge >= 0.3 is 0 Å². The summed E-state index contributed by atoms with van der Waals surface area (Å²) in [4.78, 5) is 20.8. The Hall–Kier alpha value is -2.49. The van der Waals surface area contributed by atoms with Crippen LogP contribution >= 0.6 is 11.6 Å². The number of halogens is 2. The van der Waals surface area contributed by atoms with E-state index in [2.05, 4.69) is 5.32 Å². The van der Waals surface area contributed by atoms with Crippen LogP contribution < -0.4 is 5.32 Å². The lowest BCUT2D eigenvalue weighted by Gasteiger charge is -2.72. The van der Waals surface area contributed by atoms with Crippen LogP contribution in [-0.4, -0.2) is 59.1 Å². The Morgan fingerprint density at radius 1 is 1.07 bits per heavy atom. The summed E-state index contributed by atoms with van der Waals surface area (Å²) in [6.07, 6.45) is 5.12. The molecule has 2 aromatic rings. The van der Waals surface area contributed by atoms with E-state index in [1.54, 1.807) is 40.7 Å². The SMILES string of the molecule is CN(C(=O)[C@@H]1NC(C23CC(N(Cc4ccc(Cl)c(F)c4)S(=O)(=O)c4ccccc4)(C2)C3)=NC1(C)C)C12CC(C1)C2. The van der Waals surface area contributed by atoms with Gasteiger partial charge in [0, 0.05) is 30.1 Å². The van der Waals surface area contributed by atoms with E-state index >= 15 is 0 Å². The minimum Gasteiger partial charge on any atom is -0.360 e. The van der Waals surface area contributed by atoms with E-state index in [-0.39, 0.29) is 33.3 Å². The first-order valence-electron chi connectivity index (χ1n) is 14.0. The summed E-state index contributed by atoms with van der Waals surface area (Å²) < 4.78 is 43.7. The lowest BCUT2D eigenvalue weighted by molar-refractivity contribution is -0.169. The van der Waals surface area contributed by atoms with Gasteiger partial charge in [-0.1, -0.05) is 35.9 Å². The second-order valence-corrected chi connectivity index (χ2v) is 15.7. The van der Waals surface area contributed by atoms with Crippen LogP contribution in [0.25, 0.3) is 0 Å². The summed E-state index contributed by atoms with van der Waals surface area (Å²) in [6, 6.07) is 12.4. The maximum absolute atomic E-state index is 14.3. The molecule has 2 aromatic carbocycles. The highest BCUT2D eigenvalue weighted by Gasteiger charge is 2.75. The summed E-state index contributed by atoms with van der Waals surface area (Å²) in [5, 5.41) is 3.50. The van der Waals surface area contributed by atoms with Gasteiger partial charge in [-0.25, -0.2) is 12.8 Å². The molecule has 40 heavy (non-hydrogen) atoms. The Morgan fingerprint density at radius 3 is 2.30 bits per heavy atom. The van der Waals surface area contributed by atoms with E-state index < -0.39 is 33.0 Å². The number of sulfonamides is 1. The normalized spacial score (nSPS) is 34.5. The molecule has 1 heterocycles. The van der Waals surface area contributed by atoms with Gasteiger partial charge in [-0.3, -0.25) is 9.79 Å². The van der Waals surface area contributed by atoms with Crippen molar-refractivity contribution in [2.24, 2.45) is 16.3 Å². The molecule has 1 aliphatic heterocycles. The predicted octanol–water partition coefficient (Wildman–Crippen LogP) is 4.75. The fourth-order valence-corrected chi connectivity index (χ4v) is 9.78. The van der Waals surface area contributed by atoms with Crippen LogP contribution in [0.5, 0.6) is 0 Å². The molecule has 1 N–H and O–H groups in total. The van der Waals surface area contributed by atoms with E-state index in [0.29, 0.717) is 24.8 Å². The van der Waals surface area contributed by atoms with Crippen LogP contribution in [0.2, 0.25) is 5.02 Å². The number of amidine groups is 1. The molecule has 10 heteroatoms. The van der Waals surface area contributed by atoms with Crippen molar-refractivity contribution in [1.82, 2.24) is 14.5 Å². The van der Waals surface area contributed by atoms with Gasteiger partial charge in [-0.2, -0.15) is 4.31 Å². The molecule has 4 bridgehead atoms. The summed E-state index contributed by atoms with van der Waals surface area (Å²) in [6.45, 7) is 4.03. The number of likely N-dealkylation sites (N-methyl/N-ethyl adjacent to an activating group) is 1. The molecule has 0 radical (unpaired) electrons. The maximum Gasteiger partial charge on any atom is 0.247 e. The number of rotatable bonds is 8. The molecule has 1 atom stereocenters. The van der Waals surface area contributed by atoms with Crippen molar-refractivity contribution >= 4 is 33.4 Å². The Kier molecular flexibility index (Phi) is 5.48. The zero-order valence-corrected chi connectivity index (χ0v) is 24.5. The Labute approximate surface area is 239 Å². The second kappa shape index (κ2) is 8.29. The Balaban J connectivity index is 1.13. The number of carbonyl (C=O) groups is 1. The number of hydrogen-bond donors (Lipinski definition) is 1. The lowest BCUT2D eigenvalue weighted by Crippen LogP contribution is -2.78. The molecule has 0 saturated heterocycles. The standard InChI is InChI=1S/C30H34ClFN4O3S/c1-27(2)24(25(37)35(3)29-12-20(13-29)14-29)33-26(34-27)28-16-30(17-28,18-28)36(15-19-9-10-22(31)23(32)11-19)40(38,39)21-7-5-4-6-8-21/h4-11,20,24H,12-18H2,1-3H3,(H,33,34)/t20?,24-,28?,29?,30?/m0/s1. The van der Waals surface area contributed by atoms with Crippen LogP contribution in [0.15, 0.2) is 58.4 Å². The first-order valence-corrected chi connectivity index (χ1v) is 15.8. The van der Waals surface area contributed by atoms with Crippen LogP contribution in [0.4, 0.5) is 4.39 Å². The average Bonchev–Trinajstić information content (AvgIpc) is 3.11. The van der Waals surface area contributed by atoms with Gasteiger partial charge in [0.15, 0.2) is 0 Å². The molecule has 0 aromatic heterocycles. The highest BCUT2D eigenvalue weighted by Crippen LogP contribution is 2.71. The topological polar surface area (TPSA) is 82.1 Å². The van der Waals surface area contributed by atoms with Crippen LogP contribution in [0, 0.1) is 17.2 Å². The number of amides is 1. The first-order chi connectivity index (χ1) is 18.8. The van der Waals surface area contributed by atoms with Gasteiger partial charge in [0.2, 0.25) is 15.9 Å². The third kappa shape index (κ3) is 3.59. The monoisotopic (exact) mass is 584 g/mol. The number of carbonyl (C=O) groups excluding carboxylic acids is 1. The quantitative estimate of drug-likeness (QED) is 0.485. The first kappa shape index (κ1) is 26.4. The summed E-state index contributed by atoms with van der Waals surface area (Å²) >= 11 is 5.89. The Bertz CT molecular complexity index is 1520. The molecule has 7 aliphatic rings. The van der Waals surface area contributed by atoms with Gasteiger partial charge < -0.3 is 10.2 Å². The average molecular weight is 585 g/mol. The maximum atomic E-state index is 14.3. The molecule has 6 aliphatic carbocycles. The van der Waals surface area contributed by atoms with Gasteiger partial charge in [0.05, 0.1) is 15.5 Å². The van der Waals surface area contributed by atoms with Gasteiger partial charge in [-0.05, 0) is 88.1 Å². The van der Waals surface area contributed by atoms with E-state index in [1.165, 1.54) is 12.1 Å². The minimum absolute atomic E-state index is 0.00222. The van der Waals surface area contributed by atoms with Gasteiger partial charge in [0.25, 0.3) is 0 Å². The van der Waals surface area contributed by atoms with E-state index in [1.807, 2.05) is 25.8 Å². The van der Waals surface area contributed by atoms with Crippen LogP contribution in [0.1, 0.15) is 57.9 Å². The lowest BCUT2D eigenvalue weighted by atomic mass is 9.38. The van der Waals surface area contributed by atoms with Gasteiger partial charge in [-0.15, -0.1) is 0 Å². The highest BCUT2D eigenvalue weighted by atomic mass is 35.5. The minimum atomic E-state index is -3.86. The fraction of sp³-hybridized carbons (Fsp3) is 0.533. The summed E-state index contributed by atoms with van der Waals surface area (Å²) in [7, 11) is -1.94. The molecule has 6 fully saturated rings. The zero-order chi connectivity index (χ0) is 28.3. The van der Waals surface area contributed by atoms with E-state index in [0.717, 1.165) is 31.0 Å². The molecule has 1 amide bonds. The van der Waals surface area contributed by atoms with Crippen molar-refractivity contribution < 1.29 is 17.6 Å². The molecule has 212 valence electrons. The molecular weight excluding hydrogens is 551 g/mol. The predicted molar refractivity (Wildman–Crippen MR) is 151 cm³/mol. The van der Waals surface area contributed by atoms with Crippen molar-refractivity contribution in [2.45, 2.75) is 86.5 Å². The molecule has 7 nitrogen and oxygen atoms in total. The summed E-state index contributed by atoms with van der Waals surface area (Å²) in [5.74, 6) is 1.11. The van der Waals surface area contributed by atoms with Crippen LogP contribution in [0.3, 0.4) is 0 Å².